The summed E-state index contributed by atoms with van der Waals surface area (Å²) < 4.78 is 20.6. The van der Waals surface area contributed by atoms with E-state index in [1.807, 2.05) is 6.92 Å². The van der Waals surface area contributed by atoms with Crippen LogP contribution in [0.25, 0.3) is 0 Å². The first-order valence-corrected chi connectivity index (χ1v) is 8.76. The van der Waals surface area contributed by atoms with Crippen LogP contribution in [0.1, 0.15) is 41.3 Å². The normalized spacial score (nSPS) is 13.4. The van der Waals surface area contributed by atoms with E-state index in [0.717, 1.165) is 37.3 Å². The van der Waals surface area contributed by atoms with Crippen molar-refractivity contribution in [1.29, 1.82) is 0 Å². The highest BCUT2D eigenvalue weighted by molar-refractivity contribution is 5.93. The topological polar surface area (TPSA) is 47.4 Å². The first-order valence-electron chi connectivity index (χ1n) is 8.76. The Kier molecular flexibility index (Phi) is 5.36. The summed E-state index contributed by atoms with van der Waals surface area (Å²) in [5.41, 5.74) is 1.67. The average Bonchev–Trinajstić information content (AvgIpc) is 2.96. The molecule has 0 N–H and O–H groups in total. The second kappa shape index (κ2) is 7.68. The molecule has 0 radical (unpaired) electrons. The Labute approximate surface area is 147 Å². The molecule has 1 amide bonds. The molecule has 0 spiro atoms. The molecule has 2 heterocycles. The fourth-order valence-electron chi connectivity index (χ4n) is 3.20. The average molecular weight is 345 g/mol. The highest BCUT2D eigenvalue weighted by atomic mass is 19.1. The molecular formula is C19H24FN3O2. The van der Waals surface area contributed by atoms with E-state index in [1.54, 1.807) is 24.1 Å². The molecule has 1 aromatic heterocycles. The van der Waals surface area contributed by atoms with Gasteiger partial charge in [0.05, 0.1) is 12.3 Å². The maximum absolute atomic E-state index is 12.8. The summed E-state index contributed by atoms with van der Waals surface area (Å²) in [6.45, 7) is 3.98. The molecule has 3 rings (SSSR count). The van der Waals surface area contributed by atoms with Crippen LogP contribution in [0.3, 0.4) is 0 Å². The van der Waals surface area contributed by atoms with Crippen LogP contribution in [-0.2, 0) is 13.0 Å². The number of hydrogen-bond donors (Lipinski definition) is 0. The number of aryl methyl sites for hydroxylation is 1. The van der Waals surface area contributed by atoms with E-state index in [-0.39, 0.29) is 11.7 Å². The van der Waals surface area contributed by atoms with Gasteiger partial charge in [0.1, 0.15) is 23.1 Å². The molecule has 1 aliphatic heterocycles. The smallest absolute Gasteiger partial charge is 0.274 e. The lowest BCUT2D eigenvalue weighted by molar-refractivity contribution is 0.0781. The largest absolute Gasteiger partial charge is 0.494 e. The van der Waals surface area contributed by atoms with Gasteiger partial charge < -0.3 is 14.2 Å². The van der Waals surface area contributed by atoms with Gasteiger partial charge in [-0.2, -0.15) is 0 Å². The number of fused-ring (bicyclic) bond motifs is 1. The zero-order chi connectivity index (χ0) is 17.8. The van der Waals surface area contributed by atoms with E-state index < -0.39 is 0 Å². The molecular weight excluding hydrogens is 321 g/mol. The molecule has 0 saturated heterocycles. The van der Waals surface area contributed by atoms with Crippen LogP contribution >= 0.6 is 0 Å². The zero-order valence-corrected chi connectivity index (χ0v) is 14.8. The number of benzene rings is 1. The highest BCUT2D eigenvalue weighted by Crippen LogP contribution is 2.21. The van der Waals surface area contributed by atoms with Crippen molar-refractivity contribution in [2.75, 3.05) is 20.2 Å². The lowest BCUT2D eigenvalue weighted by atomic mass is 10.1. The molecule has 0 aliphatic carbocycles. The minimum Gasteiger partial charge on any atom is -0.494 e. The van der Waals surface area contributed by atoms with Gasteiger partial charge in [0, 0.05) is 20.1 Å². The van der Waals surface area contributed by atoms with Gasteiger partial charge >= 0.3 is 0 Å². The molecule has 5 nitrogen and oxygen atoms in total. The van der Waals surface area contributed by atoms with Gasteiger partial charge in [-0.15, -0.1) is 0 Å². The fraction of sp³-hybridized carbons (Fsp3) is 0.474. The number of amides is 1. The van der Waals surface area contributed by atoms with Crippen LogP contribution in [0.2, 0.25) is 0 Å². The number of carbonyl (C=O) groups excluding carboxylic acids is 1. The van der Waals surface area contributed by atoms with Gasteiger partial charge in [-0.1, -0.05) is 0 Å². The Morgan fingerprint density at radius 2 is 2.08 bits per heavy atom. The Bertz CT molecular complexity index is 740. The van der Waals surface area contributed by atoms with E-state index in [4.69, 9.17) is 4.74 Å². The van der Waals surface area contributed by atoms with Gasteiger partial charge in [0.15, 0.2) is 0 Å². The van der Waals surface area contributed by atoms with Gasteiger partial charge in [0.25, 0.3) is 5.91 Å². The second-order valence-electron chi connectivity index (χ2n) is 6.45. The van der Waals surface area contributed by atoms with Crippen LogP contribution in [0, 0.1) is 12.7 Å². The Morgan fingerprint density at radius 3 is 2.84 bits per heavy atom. The van der Waals surface area contributed by atoms with Crippen molar-refractivity contribution < 1.29 is 13.9 Å². The summed E-state index contributed by atoms with van der Waals surface area (Å²) in [5.74, 6) is 1.25. The van der Waals surface area contributed by atoms with Crippen molar-refractivity contribution in [3.05, 3.63) is 47.3 Å². The minimum atomic E-state index is -0.281. The maximum Gasteiger partial charge on any atom is 0.274 e. The summed E-state index contributed by atoms with van der Waals surface area (Å²) in [6.07, 6.45) is 3.88. The summed E-state index contributed by atoms with van der Waals surface area (Å²) in [6, 6.07) is 5.94. The zero-order valence-electron chi connectivity index (χ0n) is 14.8. The third-order valence-electron chi connectivity index (χ3n) is 4.58. The molecule has 0 atom stereocenters. The van der Waals surface area contributed by atoms with Crippen molar-refractivity contribution >= 4 is 5.91 Å². The van der Waals surface area contributed by atoms with Gasteiger partial charge in [0.2, 0.25) is 0 Å². The van der Waals surface area contributed by atoms with E-state index in [2.05, 4.69) is 9.55 Å². The number of carbonyl (C=O) groups is 1. The minimum absolute atomic E-state index is 0.0273. The summed E-state index contributed by atoms with van der Waals surface area (Å²) in [4.78, 5) is 18.9. The van der Waals surface area contributed by atoms with Crippen molar-refractivity contribution in [3.63, 3.8) is 0 Å². The molecule has 0 unspecified atom stereocenters. The lowest BCUT2D eigenvalue weighted by Crippen LogP contribution is -2.30. The number of ether oxygens (including phenoxy) is 1. The predicted octanol–water partition coefficient (Wildman–Crippen LogP) is 3.21. The lowest BCUT2D eigenvalue weighted by Gasteiger charge is -2.19. The van der Waals surface area contributed by atoms with Gasteiger partial charge in [-0.3, -0.25) is 4.79 Å². The van der Waals surface area contributed by atoms with Crippen LogP contribution in [0.5, 0.6) is 5.75 Å². The molecule has 2 aromatic rings. The molecule has 134 valence electrons. The van der Waals surface area contributed by atoms with Crippen LogP contribution in [-0.4, -0.2) is 40.6 Å². The van der Waals surface area contributed by atoms with E-state index in [0.29, 0.717) is 31.0 Å². The number of rotatable bonds is 6. The summed E-state index contributed by atoms with van der Waals surface area (Å²) >= 11 is 0. The molecule has 6 heteroatoms. The fourth-order valence-corrected chi connectivity index (χ4v) is 3.20. The monoisotopic (exact) mass is 345 g/mol. The Morgan fingerprint density at radius 1 is 1.32 bits per heavy atom. The van der Waals surface area contributed by atoms with Crippen molar-refractivity contribution in [1.82, 2.24) is 14.5 Å². The number of imidazole rings is 1. The molecule has 25 heavy (non-hydrogen) atoms. The van der Waals surface area contributed by atoms with E-state index >= 15 is 0 Å². The van der Waals surface area contributed by atoms with Crippen molar-refractivity contribution in [2.24, 2.45) is 0 Å². The van der Waals surface area contributed by atoms with Crippen LogP contribution < -0.4 is 4.74 Å². The van der Waals surface area contributed by atoms with Crippen molar-refractivity contribution in [3.8, 4) is 5.75 Å². The third kappa shape index (κ3) is 4.00. The first-order chi connectivity index (χ1) is 12.1. The highest BCUT2D eigenvalue weighted by Gasteiger charge is 2.24. The second-order valence-corrected chi connectivity index (χ2v) is 6.45. The number of nitrogens with zero attached hydrogens (tertiary/aromatic N) is 3. The number of halogens is 1. The van der Waals surface area contributed by atoms with Gasteiger partial charge in [-0.05, 0) is 56.9 Å². The molecule has 1 aliphatic rings. The quantitative estimate of drug-likeness (QED) is 0.756. The number of aromatic nitrogens is 2. The van der Waals surface area contributed by atoms with Crippen molar-refractivity contribution in [2.45, 2.75) is 39.2 Å². The first kappa shape index (κ1) is 17.5. The standard InChI is InChI=1S/C19H24FN3O2/c1-14-21-18(17-6-3-4-12-23(14)17)19(24)22(2)11-5-13-25-16-9-7-15(20)8-10-16/h7-10H,3-6,11-13H2,1-2H3. The maximum atomic E-state index is 12.8. The van der Waals surface area contributed by atoms with Gasteiger partial charge in [-0.25, -0.2) is 9.37 Å². The molecule has 0 bridgehead atoms. The third-order valence-corrected chi connectivity index (χ3v) is 4.58. The molecule has 1 aromatic carbocycles. The molecule has 0 fully saturated rings. The Balaban J connectivity index is 1.52. The summed E-state index contributed by atoms with van der Waals surface area (Å²) in [7, 11) is 1.80. The number of hydrogen-bond acceptors (Lipinski definition) is 3. The molecule has 0 saturated carbocycles. The van der Waals surface area contributed by atoms with E-state index in [9.17, 15) is 9.18 Å². The SMILES string of the molecule is Cc1nc(C(=O)N(C)CCCOc2ccc(F)cc2)c2n1CCCC2. The summed E-state index contributed by atoms with van der Waals surface area (Å²) in [5, 5.41) is 0. The van der Waals surface area contributed by atoms with Crippen LogP contribution in [0.15, 0.2) is 24.3 Å². The Hall–Kier alpha value is -2.37. The van der Waals surface area contributed by atoms with Crippen LogP contribution in [0.4, 0.5) is 4.39 Å². The van der Waals surface area contributed by atoms with E-state index in [1.165, 1.54) is 12.1 Å². The predicted molar refractivity (Wildman–Crippen MR) is 93.4 cm³/mol.